The zero-order chi connectivity index (χ0) is 19.7. The second-order valence-electron chi connectivity index (χ2n) is 6.29. The van der Waals surface area contributed by atoms with Crippen LogP contribution in [0.3, 0.4) is 0 Å². The normalized spacial score (nSPS) is 15.5. The van der Waals surface area contributed by atoms with Gasteiger partial charge in [0, 0.05) is 5.56 Å². The number of rotatable bonds is 4. The van der Waals surface area contributed by atoms with Gasteiger partial charge in [-0.2, -0.15) is 5.26 Å². The number of allylic oxidation sites excluding steroid dienone is 1. The molecule has 7 nitrogen and oxygen atoms in total. The van der Waals surface area contributed by atoms with Crippen LogP contribution in [0.4, 0.5) is 0 Å². The molecule has 7 heteroatoms. The van der Waals surface area contributed by atoms with E-state index in [0.717, 1.165) is 22.6 Å². The fourth-order valence-corrected chi connectivity index (χ4v) is 3.37. The Hall–Kier alpha value is -3.92. The number of aromatic nitrogens is 2. The molecule has 1 aromatic heterocycles. The number of ether oxygens (including phenoxy) is 2. The topological polar surface area (TPSA) is 117 Å². The van der Waals surface area contributed by atoms with Gasteiger partial charge in [0.15, 0.2) is 0 Å². The van der Waals surface area contributed by atoms with Crippen LogP contribution in [0, 0.1) is 11.3 Å². The summed E-state index contributed by atoms with van der Waals surface area (Å²) in [6.45, 7) is 2.48. The average Bonchev–Trinajstić information content (AvgIpc) is 3.11. The fraction of sp³-hybridized carbons (Fsp3) is 0.143. The van der Waals surface area contributed by atoms with E-state index in [2.05, 4.69) is 16.3 Å². The molecule has 4 N–H and O–H groups in total. The van der Waals surface area contributed by atoms with Crippen molar-refractivity contribution in [3.05, 3.63) is 71.1 Å². The molecule has 28 heavy (non-hydrogen) atoms. The first-order chi connectivity index (χ1) is 13.6. The standard InChI is InChI=1S/C21H18N4O3/c1-2-27-15-5-3-4-13(10-15)19-18-17(12-6-8-14(26)9-7-12)16(11-22)20(23)28-21(18)25-24-19/h3-10,17,26H,2,23H2,1H3,(H,24,25). The molecule has 140 valence electrons. The summed E-state index contributed by atoms with van der Waals surface area (Å²) < 4.78 is 11.2. The Balaban J connectivity index is 1.90. The summed E-state index contributed by atoms with van der Waals surface area (Å²) in [6.07, 6.45) is 0. The molecule has 0 fully saturated rings. The number of hydrogen-bond acceptors (Lipinski definition) is 6. The Labute approximate surface area is 161 Å². The number of aromatic amines is 1. The van der Waals surface area contributed by atoms with Crippen LogP contribution in [-0.2, 0) is 0 Å². The van der Waals surface area contributed by atoms with Crippen molar-refractivity contribution >= 4 is 0 Å². The number of benzene rings is 2. The lowest BCUT2D eigenvalue weighted by Crippen LogP contribution is -2.20. The summed E-state index contributed by atoms with van der Waals surface area (Å²) in [7, 11) is 0. The van der Waals surface area contributed by atoms with Crippen molar-refractivity contribution in [3.8, 4) is 34.7 Å². The van der Waals surface area contributed by atoms with Gasteiger partial charge in [0.05, 0.1) is 23.8 Å². The average molecular weight is 374 g/mol. The molecule has 1 atom stereocenters. The minimum atomic E-state index is -0.473. The van der Waals surface area contributed by atoms with Crippen LogP contribution in [0.1, 0.15) is 24.0 Å². The Morgan fingerprint density at radius 1 is 1.29 bits per heavy atom. The van der Waals surface area contributed by atoms with Crippen molar-refractivity contribution in [2.75, 3.05) is 6.61 Å². The maximum Gasteiger partial charge on any atom is 0.244 e. The molecule has 0 aliphatic carbocycles. The molecule has 2 aromatic carbocycles. The number of nitrogens with one attached hydrogen (secondary N) is 1. The first-order valence-electron chi connectivity index (χ1n) is 8.80. The molecule has 0 saturated carbocycles. The van der Waals surface area contributed by atoms with Crippen molar-refractivity contribution in [3.63, 3.8) is 0 Å². The van der Waals surface area contributed by atoms with Crippen LogP contribution < -0.4 is 15.2 Å². The summed E-state index contributed by atoms with van der Waals surface area (Å²) >= 11 is 0. The maximum atomic E-state index is 9.72. The van der Waals surface area contributed by atoms with E-state index >= 15 is 0 Å². The first-order valence-corrected chi connectivity index (χ1v) is 8.80. The second kappa shape index (κ2) is 7.00. The van der Waals surface area contributed by atoms with E-state index in [-0.39, 0.29) is 11.6 Å². The number of phenolic OH excluding ortho intramolecular Hbond substituents is 1. The molecule has 1 unspecified atom stereocenters. The third kappa shape index (κ3) is 2.91. The van der Waals surface area contributed by atoms with E-state index in [1.165, 1.54) is 0 Å². The van der Waals surface area contributed by atoms with E-state index in [4.69, 9.17) is 15.2 Å². The highest BCUT2D eigenvalue weighted by molar-refractivity contribution is 5.71. The van der Waals surface area contributed by atoms with Crippen molar-refractivity contribution in [1.82, 2.24) is 10.2 Å². The summed E-state index contributed by atoms with van der Waals surface area (Å²) in [5.74, 6) is 0.750. The Morgan fingerprint density at radius 3 is 2.79 bits per heavy atom. The second-order valence-corrected chi connectivity index (χ2v) is 6.29. The summed E-state index contributed by atoms with van der Waals surface area (Å²) in [5, 5.41) is 26.6. The Morgan fingerprint density at radius 2 is 2.07 bits per heavy atom. The number of nitrogens with zero attached hydrogens (tertiary/aromatic N) is 2. The molecule has 1 aliphatic rings. The highest BCUT2D eigenvalue weighted by Gasteiger charge is 2.35. The van der Waals surface area contributed by atoms with Crippen molar-refractivity contribution in [2.24, 2.45) is 5.73 Å². The van der Waals surface area contributed by atoms with Gasteiger partial charge in [-0.1, -0.05) is 24.3 Å². The van der Waals surface area contributed by atoms with Crippen LogP contribution in [0.2, 0.25) is 0 Å². The molecule has 2 heterocycles. The van der Waals surface area contributed by atoms with Gasteiger partial charge in [-0.25, -0.2) is 0 Å². The van der Waals surface area contributed by atoms with Crippen LogP contribution in [-0.4, -0.2) is 21.9 Å². The predicted octanol–water partition coefficient (Wildman–Crippen LogP) is 3.40. The van der Waals surface area contributed by atoms with Gasteiger partial charge in [-0.3, -0.25) is 5.10 Å². The summed E-state index contributed by atoms with van der Waals surface area (Å²) in [4.78, 5) is 0. The van der Waals surface area contributed by atoms with E-state index < -0.39 is 5.92 Å². The highest BCUT2D eigenvalue weighted by Crippen LogP contribution is 2.46. The quantitative estimate of drug-likeness (QED) is 0.644. The maximum absolute atomic E-state index is 9.72. The molecule has 4 rings (SSSR count). The van der Waals surface area contributed by atoms with Crippen LogP contribution in [0.25, 0.3) is 11.3 Å². The Kier molecular flexibility index (Phi) is 4.38. The molecule has 0 saturated heterocycles. The smallest absolute Gasteiger partial charge is 0.244 e. The predicted molar refractivity (Wildman–Crippen MR) is 103 cm³/mol. The lowest BCUT2D eigenvalue weighted by atomic mass is 9.83. The third-order valence-electron chi connectivity index (χ3n) is 4.60. The first kappa shape index (κ1) is 17.5. The minimum Gasteiger partial charge on any atom is -0.508 e. The van der Waals surface area contributed by atoms with Crippen molar-refractivity contribution in [2.45, 2.75) is 12.8 Å². The van der Waals surface area contributed by atoms with Gasteiger partial charge in [0.25, 0.3) is 0 Å². The van der Waals surface area contributed by atoms with Crippen LogP contribution >= 0.6 is 0 Å². The molecule has 0 amide bonds. The molecule has 0 spiro atoms. The SMILES string of the molecule is CCOc1cccc(-c2[nH]nc3c2C(c2ccc(O)cc2)C(C#N)=C(N)O3)c1. The number of phenols is 1. The molecule has 1 aliphatic heterocycles. The van der Waals surface area contributed by atoms with Gasteiger partial charge >= 0.3 is 0 Å². The van der Waals surface area contributed by atoms with Crippen molar-refractivity contribution < 1.29 is 14.6 Å². The van der Waals surface area contributed by atoms with Crippen LogP contribution in [0.5, 0.6) is 17.4 Å². The van der Waals surface area contributed by atoms with Gasteiger partial charge in [0.2, 0.25) is 11.8 Å². The number of nitriles is 1. The number of aromatic hydroxyl groups is 1. The number of nitrogens with two attached hydrogens (primary N) is 1. The lowest BCUT2D eigenvalue weighted by molar-refractivity contribution is 0.340. The van der Waals surface area contributed by atoms with E-state index in [1.54, 1.807) is 24.3 Å². The number of hydrogen-bond donors (Lipinski definition) is 3. The molecule has 3 aromatic rings. The van der Waals surface area contributed by atoms with Crippen molar-refractivity contribution in [1.29, 1.82) is 5.26 Å². The van der Waals surface area contributed by atoms with Gasteiger partial charge in [0.1, 0.15) is 23.1 Å². The molecule has 0 bridgehead atoms. The van der Waals surface area contributed by atoms with E-state index in [1.807, 2.05) is 31.2 Å². The third-order valence-corrected chi connectivity index (χ3v) is 4.60. The van der Waals surface area contributed by atoms with Gasteiger partial charge in [-0.05, 0) is 36.8 Å². The summed E-state index contributed by atoms with van der Waals surface area (Å²) in [6, 6.07) is 16.4. The molecular weight excluding hydrogens is 356 g/mol. The molecule has 0 radical (unpaired) electrons. The van der Waals surface area contributed by atoms with E-state index in [0.29, 0.717) is 23.6 Å². The molecular formula is C21H18N4O3. The van der Waals surface area contributed by atoms with Crippen LogP contribution in [0.15, 0.2) is 60.0 Å². The zero-order valence-electron chi connectivity index (χ0n) is 15.1. The monoisotopic (exact) mass is 374 g/mol. The van der Waals surface area contributed by atoms with Gasteiger partial charge < -0.3 is 20.3 Å². The zero-order valence-corrected chi connectivity index (χ0v) is 15.1. The number of H-pyrrole nitrogens is 1. The number of fused-ring (bicyclic) bond motifs is 1. The fourth-order valence-electron chi connectivity index (χ4n) is 3.37. The minimum absolute atomic E-state index is 0.0224. The Bertz CT molecular complexity index is 1090. The summed E-state index contributed by atoms with van der Waals surface area (Å²) in [5.41, 5.74) is 9.36. The van der Waals surface area contributed by atoms with E-state index in [9.17, 15) is 10.4 Å². The highest BCUT2D eigenvalue weighted by atomic mass is 16.5. The largest absolute Gasteiger partial charge is 0.508 e. The lowest BCUT2D eigenvalue weighted by Gasteiger charge is -2.24. The van der Waals surface area contributed by atoms with Gasteiger partial charge in [-0.15, -0.1) is 5.10 Å².